The van der Waals surface area contributed by atoms with Gasteiger partial charge >= 0.3 is 0 Å². The van der Waals surface area contributed by atoms with Crippen LogP contribution in [0.2, 0.25) is 0 Å². The minimum absolute atomic E-state index is 0.0548. The van der Waals surface area contributed by atoms with Gasteiger partial charge in [0.25, 0.3) is 0 Å². The Balaban J connectivity index is 1.30. The number of nitrogens with zero attached hydrogens (tertiary/aromatic N) is 3. The smallest absolute Gasteiger partial charge is 0.226 e. The van der Waals surface area contributed by atoms with E-state index in [2.05, 4.69) is 51.4 Å². The normalized spacial score (nSPS) is 15.5. The number of hydrogen-bond acceptors (Lipinski definition) is 6. The van der Waals surface area contributed by atoms with Gasteiger partial charge in [0.1, 0.15) is 10.8 Å². The van der Waals surface area contributed by atoms with Crippen molar-refractivity contribution in [2.45, 2.75) is 19.5 Å². The Kier molecular flexibility index (Phi) is 6.39. The molecule has 1 saturated heterocycles. The lowest BCUT2D eigenvalue weighted by Gasteiger charge is -2.32. The monoisotopic (exact) mass is 410 g/mol. The molecule has 0 atom stereocenters. The number of furan rings is 1. The van der Waals surface area contributed by atoms with Gasteiger partial charge in [-0.1, -0.05) is 24.3 Å². The molecular weight excluding hydrogens is 384 g/mol. The molecule has 1 fully saturated rings. The molecule has 0 spiro atoms. The number of nitrogens with one attached hydrogen (secondary N) is 1. The van der Waals surface area contributed by atoms with Gasteiger partial charge in [0.2, 0.25) is 5.91 Å². The molecule has 4 rings (SSSR count). The molecule has 1 amide bonds. The lowest BCUT2D eigenvalue weighted by atomic mass is 10.1. The molecule has 1 N–H and O–H groups in total. The van der Waals surface area contributed by atoms with E-state index < -0.39 is 0 Å². The topological polar surface area (TPSA) is 61.6 Å². The highest BCUT2D eigenvalue weighted by Gasteiger charge is 2.14. The Morgan fingerprint density at radius 1 is 1.17 bits per heavy atom. The van der Waals surface area contributed by atoms with Gasteiger partial charge in [0, 0.05) is 43.7 Å². The summed E-state index contributed by atoms with van der Waals surface area (Å²) >= 11 is 1.58. The van der Waals surface area contributed by atoms with Gasteiger partial charge in [-0.15, -0.1) is 11.3 Å². The Morgan fingerprint density at radius 3 is 2.69 bits per heavy atom. The number of hydrogen-bond donors (Lipinski definition) is 1. The molecule has 0 aliphatic carbocycles. The van der Waals surface area contributed by atoms with Crippen molar-refractivity contribution in [3.8, 4) is 10.6 Å². The number of rotatable bonds is 7. The Hall–Kier alpha value is -2.48. The van der Waals surface area contributed by atoms with Crippen molar-refractivity contribution >= 4 is 17.2 Å². The van der Waals surface area contributed by atoms with Gasteiger partial charge in [0.15, 0.2) is 0 Å². The predicted octanol–water partition coefficient (Wildman–Crippen LogP) is 3.01. The first kappa shape index (κ1) is 19.8. The van der Waals surface area contributed by atoms with Crippen molar-refractivity contribution in [2.24, 2.45) is 0 Å². The summed E-state index contributed by atoms with van der Waals surface area (Å²) < 4.78 is 5.22. The molecule has 3 heterocycles. The van der Waals surface area contributed by atoms with E-state index in [1.165, 1.54) is 5.56 Å². The van der Waals surface area contributed by atoms with Gasteiger partial charge in [-0.3, -0.25) is 9.69 Å². The van der Waals surface area contributed by atoms with E-state index in [1.807, 2.05) is 17.5 Å². The van der Waals surface area contributed by atoms with E-state index in [9.17, 15) is 4.79 Å². The molecule has 2 aromatic heterocycles. The average molecular weight is 411 g/mol. The van der Waals surface area contributed by atoms with E-state index in [4.69, 9.17) is 4.42 Å². The number of thiazole rings is 1. The van der Waals surface area contributed by atoms with Crippen molar-refractivity contribution in [3.05, 3.63) is 65.1 Å². The molecule has 0 saturated carbocycles. The highest BCUT2D eigenvalue weighted by Crippen LogP contribution is 2.24. The maximum absolute atomic E-state index is 12.1. The van der Waals surface area contributed by atoms with Crippen molar-refractivity contribution in [2.75, 3.05) is 33.2 Å². The highest BCUT2D eigenvalue weighted by molar-refractivity contribution is 7.13. The first-order chi connectivity index (χ1) is 14.2. The second-order valence-corrected chi connectivity index (χ2v) is 8.31. The summed E-state index contributed by atoms with van der Waals surface area (Å²) in [5, 5.41) is 5.76. The van der Waals surface area contributed by atoms with Gasteiger partial charge in [-0.05, 0) is 24.7 Å². The molecule has 3 aromatic rings. The molecule has 0 radical (unpaired) electrons. The third-order valence-electron chi connectivity index (χ3n) is 5.14. The first-order valence-corrected chi connectivity index (χ1v) is 10.8. The van der Waals surface area contributed by atoms with E-state index >= 15 is 0 Å². The van der Waals surface area contributed by atoms with Crippen LogP contribution in [0.5, 0.6) is 0 Å². The number of carbonyl (C=O) groups is 1. The number of amides is 1. The maximum atomic E-state index is 12.1. The fourth-order valence-corrected chi connectivity index (χ4v) is 4.19. The highest BCUT2D eigenvalue weighted by atomic mass is 32.1. The molecule has 7 heteroatoms. The maximum Gasteiger partial charge on any atom is 0.226 e. The Bertz CT molecular complexity index is 913. The molecule has 1 aliphatic rings. The lowest BCUT2D eigenvalue weighted by Crippen LogP contribution is -2.43. The van der Waals surface area contributed by atoms with E-state index in [-0.39, 0.29) is 12.3 Å². The minimum atomic E-state index is -0.0548. The predicted molar refractivity (Wildman–Crippen MR) is 115 cm³/mol. The van der Waals surface area contributed by atoms with Crippen LogP contribution in [0.3, 0.4) is 0 Å². The van der Waals surface area contributed by atoms with Crippen LogP contribution in [0.1, 0.15) is 17.0 Å². The average Bonchev–Trinajstić information content (AvgIpc) is 3.41. The number of piperazine rings is 1. The van der Waals surface area contributed by atoms with Gasteiger partial charge < -0.3 is 14.6 Å². The zero-order chi connectivity index (χ0) is 20.1. The molecule has 1 aliphatic heterocycles. The van der Waals surface area contributed by atoms with Crippen LogP contribution >= 0.6 is 11.3 Å². The molecule has 6 nitrogen and oxygen atoms in total. The molecule has 1 aromatic carbocycles. The Morgan fingerprint density at radius 2 is 1.97 bits per heavy atom. The van der Waals surface area contributed by atoms with Crippen LogP contribution in [0.25, 0.3) is 10.6 Å². The zero-order valence-electron chi connectivity index (χ0n) is 16.6. The summed E-state index contributed by atoms with van der Waals surface area (Å²) in [4.78, 5) is 21.6. The Labute approximate surface area is 175 Å². The SMILES string of the molecule is CN1CCN(Cc2ccc(-c3nc(CC(=O)NCc4ccco4)cs3)cc2)CC1. The fraction of sp³-hybridized carbons (Fsp3) is 0.364. The van der Waals surface area contributed by atoms with Gasteiger partial charge in [-0.25, -0.2) is 4.98 Å². The van der Waals surface area contributed by atoms with Crippen LogP contribution in [0.4, 0.5) is 0 Å². The van der Waals surface area contributed by atoms with Crippen LogP contribution in [-0.4, -0.2) is 53.9 Å². The van der Waals surface area contributed by atoms with Gasteiger partial charge in [-0.2, -0.15) is 0 Å². The van der Waals surface area contributed by atoms with Gasteiger partial charge in [0.05, 0.1) is 24.9 Å². The summed E-state index contributed by atoms with van der Waals surface area (Å²) in [5.74, 6) is 0.690. The zero-order valence-corrected chi connectivity index (χ0v) is 17.5. The van der Waals surface area contributed by atoms with Crippen molar-refractivity contribution < 1.29 is 9.21 Å². The van der Waals surface area contributed by atoms with E-state index in [0.717, 1.165) is 54.7 Å². The summed E-state index contributed by atoms with van der Waals surface area (Å²) in [6, 6.07) is 12.3. The summed E-state index contributed by atoms with van der Waals surface area (Å²) in [6.07, 6.45) is 1.88. The number of benzene rings is 1. The second-order valence-electron chi connectivity index (χ2n) is 7.45. The number of aromatic nitrogens is 1. The van der Waals surface area contributed by atoms with Crippen molar-refractivity contribution in [1.29, 1.82) is 0 Å². The van der Waals surface area contributed by atoms with Crippen LogP contribution in [0, 0.1) is 0 Å². The third-order valence-corrected chi connectivity index (χ3v) is 6.08. The number of carbonyl (C=O) groups excluding carboxylic acids is 1. The summed E-state index contributed by atoms with van der Waals surface area (Å²) in [7, 11) is 2.18. The molecule has 0 unspecified atom stereocenters. The molecule has 0 bridgehead atoms. The number of likely N-dealkylation sites (N-methyl/N-ethyl adjacent to an activating group) is 1. The molecule has 152 valence electrons. The largest absolute Gasteiger partial charge is 0.467 e. The van der Waals surface area contributed by atoms with Crippen molar-refractivity contribution in [1.82, 2.24) is 20.1 Å². The standard InChI is InChI=1S/C22H26N4O2S/c1-25-8-10-26(11-9-25)15-17-4-6-18(7-5-17)22-24-19(16-29-22)13-21(27)23-14-20-3-2-12-28-20/h2-7,12,16H,8-11,13-15H2,1H3,(H,23,27). The van der Waals surface area contributed by atoms with E-state index in [0.29, 0.717) is 6.54 Å². The third kappa shape index (κ3) is 5.53. The first-order valence-electron chi connectivity index (χ1n) is 9.89. The van der Waals surface area contributed by atoms with Crippen molar-refractivity contribution in [3.63, 3.8) is 0 Å². The van der Waals surface area contributed by atoms with E-state index in [1.54, 1.807) is 17.6 Å². The van der Waals surface area contributed by atoms with Crippen LogP contribution in [-0.2, 0) is 24.3 Å². The lowest BCUT2D eigenvalue weighted by molar-refractivity contribution is -0.120. The fourth-order valence-electron chi connectivity index (χ4n) is 3.36. The molecule has 29 heavy (non-hydrogen) atoms. The summed E-state index contributed by atoms with van der Waals surface area (Å²) in [5.41, 5.74) is 3.22. The van der Waals surface area contributed by atoms with Crippen LogP contribution in [0.15, 0.2) is 52.5 Å². The second kappa shape index (κ2) is 9.35. The van der Waals surface area contributed by atoms with Crippen LogP contribution < -0.4 is 5.32 Å². The minimum Gasteiger partial charge on any atom is -0.467 e. The molecular formula is C22H26N4O2S. The quantitative estimate of drug-likeness (QED) is 0.649. The summed E-state index contributed by atoms with van der Waals surface area (Å²) in [6.45, 7) is 5.90.